The number of benzene rings is 1. The van der Waals surface area contributed by atoms with Gasteiger partial charge in [-0.3, -0.25) is 0 Å². The van der Waals surface area contributed by atoms with Crippen LogP contribution in [0.4, 0.5) is 0 Å². The largest absolute Gasteiger partial charge is 0.478 e. The van der Waals surface area contributed by atoms with Crippen molar-refractivity contribution in [3.8, 4) is 6.07 Å². The Bertz CT molecular complexity index is 423. The van der Waals surface area contributed by atoms with Crippen molar-refractivity contribution in [3.05, 3.63) is 33.8 Å². The average Bonchev–Trinajstić information content (AvgIpc) is 2.17. The molecule has 0 heterocycles. The van der Waals surface area contributed by atoms with Crippen LogP contribution in [-0.4, -0.2) is 16.2 Å². The van der Waals surface area contributed by atoms with E-state index < -0.39 is 5.97 Å². The first kappa shape index (κ1) is 10.5. The highest BCUT2D eigenvalue weighted by molar-refractivity contribution is 6.33. The Kier molecular flexibility index (Phi) is 3.07. The molecule has 0 aromatic heterocycles. The van der Waals surface area contributed by atoms with Crippen LogP contribution in [0.15, 0.2) is 12.1 Å². The van der Waals surface area contributed by atoms with Crippen molar-refractivity contribution in [2.24, 2.45) is 0 Å². The number of nitrogens with zero attached hydrogens (tertiary/aromatic N) is 1. The summed E-state index contributed by atoms with van der Waals surface area (Å²) in [4.78, 5) is 10.7. The molecule has 4 nitrogen and oxygen atoms in total. The zero-order valence-corrected chi connectivity index (χ0v) is 7.75. The topological polar surface area (TPSA) is 81.3 Å². The van der Waals surface area contributed by atoms with Gasteiger partial charge in [-0.15, -0.1) is 0 Å². The molecule has 2 N–H and O–H groups in total. The van der Waals surface area contributed by atoms with Crippen LogP contribution in [0, 0.1) is 11.3 Å². The van der Waals surface area contributed by atoms with E-state index in [4.69, 9.17) is 27.1 Å². The molecule has 5 heteroatoms. The Balaban J connectivity index is 3.45. The van der Waals surface area contributed by atoms with Crippen molar-refractivity contribution in [3.63, 3.8) is 0 Å². The maximum Gasteiger partial charge on any atom is 0.337 e. The van der Waals surface area contributed by atoms with Gasteiger partial charge in [0, 0.05) is 0 Å². The van der Waals surface area contributed by atoms with Gasteiger partial charge >= 0.3 is 5.97 Å². The van der Waals surface area contributed by atoms with E-state index in [-0.39, 0.29) is 22.8 Å². The highest BCUT2D eigenvalue weighted by atomic mass is 35.5. The first-order valence-electron chi connectivity index (χ1n) is 3.67. The molecule has 0 aliphatic rings. The molecule has 0 fully saturated rings. The standard InChI is InChI=1S/C9H6ClNO3/c10-8-5(4-12)1-2-6(9(13)14)7(8)3-11/h1-2,12H,4H2,(H,13,14). The van der Waals surface area contributed by atoms with Crippen molar-refractivity contribution in [1.82, 2.24) is 0 Å². The SMILES string of the molecule is N#Cc1c(C(=O)O)ccc(CO)c1Cl. The average molecular weight is 212 g/mol. The van der Waals surface area contributed by atoms with E-state index in [2.05, 4.69) is 0 Å². The Morgan fingerprint density at radius 2 is 2.21 bits per heavy atom. The van der Waals surface area contributed by atoms with Crippen molar-refractivity contribution < 1.29 is 15.0 Å². The van der Waals surface area contributed by atoms with Gasteiger partial charge in [-0.05, 0) is 11.6 Å². The first-order valence-corrected chi connectivity index (χ1v) is 4.05. The van der Waals surface area contributed by atoms with Crippen LogP contribution >= 0.6 is 11.6 Å². The molecule has 0 saturated carbocycles. The number of carbonyl (C=O) groups is 1. The number of hydrogen-bond donors (Lipinski definition) is 2. The second-order valence-corrected chi connectivity index (χ2v) is 2.91. The molecular formula is C9H6ClNO3. The second-order valence-electron chi connectivity index (χ2n) is 2.54. The van der Waals surface area contributed by atoms with Gasteiger partial charge in [-0.2, -0.15) is 5.26 Å². The summed E-state index contributed by atoms with van der Waals surface area (Å²) in [6, 6.07) is 4.33. The Labute approximate surface area is 85.0 Å². The Morgan fingerprint density at radius 1 is 1.57 bits per heavy atom. The molecule has 0 aliphatic carbocycles. The molecule has 0 bridgehead atoms. The lowest BCUT2D eigenvalue weighted by molar-refractivity contribution is 0.0696. The Hall–Kier alpha value is -1.57. The molecule has 0 atom stereocenters. The van der Waals surface area contributed by atoms with Crippen molar-refractivity contribution in [1.29, 1.82) is 5.26 Å². The number of carboxylic acids is 1. The van der Waals surface area contributed by atoms with E-state index in [1.165, 1.54) is 12.1 Å². The molecule has 0 saturated heterocycles. The third-order valence-corrected chi connectivity index (χ3v) is 2.17. The van der Waals surface area contributed by atoms with E-state index in [0.29, 0.717) is 5.56 Å². The summed E-state index contributed by atoms with van der Waals surface area (Å²) in [5.74, 6) is -1.21. The molecule has 1 aromatic rings. The van der Waals surface area contributed by atoms with Crippen LogP contribution in [0.5, 0.6) is 0 Å². The normalized spacial score (nSPS) is 9.50. The van der Waals surface area contributed by atoms with Gasteiger partial charge in [0.25, 0.3) is 0 Å². The number of aliphatic hydroxyl groups is 1. The van der Waals surface area contributed by atoms with Crippen LogP contribution in [0.2, 0.25) is 5.02 Å². The number of hydrogen-bond acceptors (Lipinski definition) is 3. The van der Waals surface area contributed by atoms with Crippen LogP contribution in [-0.2, 0) is 6.61 Å². The molecule has 0 radical (unpaired) electrons. The van der Waals surface area contributed by atoms with E-state index in [9.17, 15) is 4.79 Å². The number of aromatic carboxylic acids is 1. The molecular weight excluding hydrogens is 206 g/mol. The number of rotatable bonds is 2. The van der Waals surface area contributed by atoms with Gasteiger partial charge in [0.15, 0.2) is 0 Å². The third kappa shape index (κ3) is 1.69. The summed E-state index contributed by atoms with van der Waals surface area (Å²) in [5, 5.41) is 26.2. The van der Waals surface area contributed by atoms with Crippen molar-refractivity contribution in [2.45, 2.75) is 6.61 Å². The highest BCUT2D eigenvalue weighted by Gasteiger charge is 2.15. The van der Waals surface area contributed by atoms with Gasteiger partial charge in [-0.1, -0.05) is 17.7 Å². The molecule has 1 aromatic carbocycles. The summed E-state index contributed by atoms with van der Waals surface area (Å²) in [7, 11) is 0. The zero-order chi connectivity index (χ0) is 10.7. The number of halogens is 1. The quantitative estimate of drug-likeness (QED) is 0.775. The van der Waals surface area contributed by atoms with Crippen LogP contribution < -0.4 is 0 Å². The predicted molar refractivity (Wildman–Crippen MR) is 49.0 cm³/mol. The number of aliphatic hydroxyl groups excluding tert-OH is 1. The third-order valence-electron chi connectivity index (χ3n) is 1.73. The highest BCUT2D eigenvalue weighted by Crippen LogP contribution is 2.24. The minimum absolute atomic E-state index is 0.00472. The summed E-state index contributed by atoms with van der Waals surface area (Å²) >= 11 is 5.71. The smallest absolute Gasteiger partial charge is 0.337 e. The Morgan fingerprint density at radius 3 is 2.64 bits per heavy atom. The molecule has 0 spiro atoms. The molecule has 0 aliphatic heterocycles. The van der Waals surface area contributed by atoms with Crippen LogP contribution in [0.3, 0.4) is 0 Å². The summed E-state index contributed by atoms with van der Waals surface area (Å²) in [6.07, 6.45) is 0. The van der Waals surface area contributed by atoms with E-state index in [0.717, 1.165) is 0 Å². The fourth-order valence-corrected chi connectivity index (χ4v) is 1.30. The number of nitriles is 1. The maximum absolute atomic E-state index is 10.7. The lowest BCUT2D eigenvalue weighted by Crippen LogP contribution is -2.02. The summed E-state index contributed by atoms with van der Waals surface area (Å²) in [5.41, 5.74) is 0.0635. The fraction of sp³-hybridized carbons (Fsp3) is 0.111. The molecule has 72 valence electrons. The lowest BCUT2D eigenvalue weighted by atomic mass is 10.1. The summed E-state index contributed by atoms with van der Waals surface area (Å²) < 4.78 is 0. The monoisotopic (exact) mass is 211 g/mol. The molecule has 1 rings (SSSR count). The van der Waals surface area contributed by atoms with Crippen LogP contribution in [0.25, 0.3) is 0 Å². The van der Waals surface area contributed by atoms with Crippen LogP contribution in [0.1, 0.15) is 21.5 Å². The minimum Gasteiger partial charge on any atom is -0.478 e. The molecule has 14 heavy (non-hydrogen) atoms. The van der Waals surface area contributed by atoms with E-state index >= 15 is 0 Å². The molecule has 0 unspecified atom stereocenters. The van der Waals surface area contributed by atoms with Crippen molar-refractivity contribution in [2.75, 3.05) is 0 Å². The minimum atomic E-state index is -1.21. The predicted octanol–water partition coefficient (Wildman–Crippen LogP) is 1.40. The lowest BCUT2D eigenvalue weighted by Gasteiger charge is -2.04. The van der Waals surface area contributed by atoms with Crippen molar-refractivity contribution >= 4 is 17.6 Å². The fourth-order valence-electron chi connectivity index (χ4n) is 1.03. The number of carboxylic acid groups (broad SMARTS) is 1. The first-order chi connectivity index (χ1) is 6.61. The second kappa shape index (κ2) is 4.09. The van der Waals surface area contributed by atoms with Gasteiger partial charge in [0.05, 0.1) is 22.8 Å². The van der Waals surface area contributed by atoms with Gasteiger partial charge in [-0.25, -0.2) is 4.79 Å². The van der Waals surface area contributed by atoms with Gasteiger partial charge in [0.2, 0.25) is 0 Å². The maximum atomic E-state index is 10.7. The zero-order valence-electron chi connectivity index (χ0n) is 6.99. The molecule has 0 amide bonds. The summed E-state index contributed by atoms with van der Waals surface area (Å²) in [6.45, 7) is -0.326. The van der Waals surface area contributed by atoms with Gasteiger partial charge < -0.3 is 10.2 Å². The van der Waals surface area contributed by atoms with Gasteiger partial charge in [0.1, 0.15) is 6.07 Å². The van der Waals surface area contributed by atoms with E-state index in [1.807, 2.05) is 0 Å². The van der Waals surface area contributed by atoms with E-state index in [1.54, 1.807) is 6.07 Å².